The number of rotatable bonds is 4. The summed E-state index contributed by atoms with van der Waals surface area (Å²) in [6.07, 6.45) is 2.63. The van der Waals surface area contributed by atoms with Crippen LogP contribution in [0.1, 0.15) is 13.8 Å². The number of hydrogen-bond donors (Lipinski definition) is 3. The Balaban J connectivity index is 2.08. The monoisotopic (exact) mass is 316 g/mol. The maximum atomic E-state index is 12.3. The highest BCUT2D eigenvalue weighted by Gasteiger charge is 2.37. The molecule has 1 aromatic rings. The van der Waals surface area contributed by atoms with Gasteiger partial charge in [-0.2, -0.15) is 4.31 Å². The molecule has 10 heteroatoms. The van der Waals surface area contributed by atoms with Crippen LogP contribution in [0.25, 0.3) is 0 Å². The van der Waals surface area contributed by atoms with Gasteiger partial charge in [0.15, 0.2) is 10.9 Å². The van der Waals surface area contributed by atoms with Gasteiger partial charge in [-0.05, 0) is 13.8 Å². The highest BCUT2D eigenvalue weighted by atomic mass is 32.2. The lowest BCUT2D eigenvalue weighted by atomic mass is 10.0. The second kappa shape index (κ2) is 5.62. The zero-order valence-electron chi connectivity index (χ0n) is 12.0. The summed E-state index contributed by atoms with van der Waals surface area (Å²) in [5, 5.41) is 12.0. The molecule has 2 rings (SSSR count). The number of piperazine rings is 1. The number of hydrogen-bond acceptors (Lipinski definition) is 6. The Morgan fingerprint density at radius 3 is 2.52 bits per heavy atom. The van der Waals surface area contributed by atoms with Crippen molar-refractivity contribution in [1.82, 2.24) is 19.2 Å². The average Bonchev–Trinajstić information content (AvgIpc) is 3.01. The van der Waals surface area contributed by atoms with Gasteiger partial charge in [-0.1, -0.05) is 5.16 Å². The first-order chi connectivity index (χ1) is 9.80. The quantitative estimate of drug-likeness (QED) is 0.290. The van der Waals surface area contributed by atoms with E-state index in [0.29, 0.717) is 26.2 Å². The van der Waals surface area contributed by atoms with Crippen LogP contribution in [0, 0.1) is 0 Å². The van der Waals surface area contributed by atoms with Crippen LogP contribution in [0.2, 0.25) is 0 Å². The van der Waals surface area contributed by atoms with Crippen molar-refractivity contribution in [2.24, 2.45) is 10.9 Å². The molecule has 2 heterocycles. The molecule has 21 heavy (non-hydrogen) atoms. The molecule has 0 bridgehead atoms. The van der Waals surface area contributed by atoms with Crippen LogP contribution in [0.4, 0.5) is 0 Å². The number of nitrogens with zero attached hydrogens (tertiary/aromatic N) is 4. The van der Waals surface area contributed by atoms with E-state index < -0.39 is 15.6 Å². The van der Waals surface area contributed by atoms with E-state index in [4.69, 9.17) is 10.9 Å². The number of aromatic amines is 1. The first-order valence-electron chi connectivity index (χ1n) is 6.51. The highest BCUT2D eigenvalue weighted by Crippen LogP contribution is 2.20. The van der Waals surface area contributed by atoms with E-state index in [1.807, 2.05) is 18.7 Å². The lowest BCUT2D eigenvalue weighted by Crippen LogP contribution is -2.60. The fourth-order valence-electron chi connectivity index (χ4n) is 2.30. The molecule has 0 aliphatic carbocycles. The number of nitrogens with two attached hydrogens (primary N) is 1. The van der Waals surface area contributed by atoms with E-state index in [9.17, 15) is 8.42 Å². The Labute approximate surface area is 123 Å². The van der Waals surface area contributed by atoms with Crippen molar-refractivity contribution in [2.45, 2.75) is 24.4 Å². The minimum atomic E-state index is -3.54. The molecule has 0 saturated carbocycles. The molecular formula is C11H20N6O3S. The summed E-state index contributed by atoms with van der Waals surface area (Å²) in [5.41, 5.74) is 5.07. The lowest BCUT2D eigenvalue weighted by molar-refractivity contribution is 0.119. The van der Waals surface area contributed by atoms with Gasteiger partial charge < -0.3 is 15.9 Å². The van der Waals surface area contributed by atoms with Crippen LogP contribution in [-0.4, -0.2) is 70.4 Å². The number of aromatic nitrogens is 2. The number of imidazole rings is 1. The Morgan fingerprint density at radius 2 is 2.05 bits per heavy atom. The lowest BCUT2D eigenvalue weighted by Gasteiger charge is -2.42. The molecule has 9 nitrogen and oxygen atoms in total. The van der Waals surface area contributed by atoms with Gasteiger partial charge in [-0.15, -0.1) is 0 Å². The molecule has 0 spiro atoms. The minimum absolute atomic E-state index is 0.0895. The van der Waals surface area contributed by atoms with Crippen molar-refractivity contribution >= 4 is 15.9 Å². The van der Waals surface area contributed by atoms with Crippen LogP contribution in [0.15, 0.2) is 22.7 Å². The normalized spacial score (nSPS) is 19.8. The summed E-state index contributed by atoms with van der Waals surface area (Å²) >= 11 is 0. The third kappa shape index (κ3) is 2.87. The maximum absolute atomic E-state index is 12.3. The van der Waals surface area contributed by atoms with E-state index >= 15 is 0 Å². The number of sulfonamides is 1. The minimum Gasteiger partial charge on any atom is -0.409 e. The molecule has 0 atom stereocenters. The van der Waals surface area contributed by atoms with Gasteiger partial charge in [0.2, 0.25) is 0 Å². The first-order valence-corrected chi connectivity index (χ1v) is 7.95. The van der Waals surface area contributed by atoms with E-state index in [0.717, 1.165) is 0 Å². The highest BCUT2D eigenvalue weighted by molar-refractivity contribution is 7.89. The molecule has 0 radical (unpaired) electrons. The van der Waals surface area contributed by atoms with Crippen molar-refractivity contribution in [2.75, 3.05) is 26.2 Å². The van der Waals surface area contributed by atoms with Crippen molar-refractivity contribution in [3.05, 3.63) is 12.5 Å². The van der Waals surface area contributed by atoms with Gasteiger partial charge in [-0.25, -0.2) is 13.4 Å². The van der Waals surface area contributed by atoms with E-state index in [1.54, 1.807) is 0 Å². The van der Waals surface area contributed by atoms with E-state index in [-0.39, 0.29) is 10.9 Å². The fraction of sp³-hybridized carbons (Fsp3) is 0.636. The van der Waals surface area contributed by atoms with Crippen molar-refractivity contribution in [1.29, 1.82) is 0 Å². The SMILES string of the molecule is CC(C)(C(N)=NO)N1CCN(S(=O)(=O)c2cnc[nH]2)CC1. The average molecular weight is 316 g/mol. The molecule has 1 saturated heterocycles. The van der Waals surface area contributed by atoms with Gasteiger partial charge in [0.05, 0.1) is 18.1 Å². The molecule has 0 amide bonds. The van der Waals surface area contributed by atoms with Crippen molar-refractivity contribution in [3.63, 3.8) is 0 Å². The largest absolute Gasteiger partial charge is 0.409 e. The van der Waals surface area contributed by atoms with Crippen LogP contribution in [0.3, 0.4) is 0 Å². The van der Waals surface area contributed by atoms with Gasteiger partial charge in [-0.3, -0.25) is 4.90 Å². The zero-order valence-corrected chi connectivity index (χ0v) is 12.8. The Morgan fingerprint density at radius 1 is 1.43 bits per heavy atom. The predicted octanol–water partition coefficient (Wildman–Crippen LogP) is -0.759. The molecule has 0 unspecified atom stereocenters. The molecule has 1 aliphatic rings. The molecule has 1 fully saturated rings. The van der Waals surface area contributed by atoms with Crippen LogP contribution < -0.4 is 5.73 Å². The molecular weight excluding hydrogens is 296 g/mol. The third-order valence-corrected chi connectivity index (χ3v) is 5.68. The Bertz CT molecular complexity index is 602. The van der Waals surface area contributed by atoms with Gasteiger partial charge in [0, 0.05) is 26.2 Å². The Hall–Kier alpha value is -1.65. The molecule has 1 aliphatic heterocycles. The summed E-state index contributed by atoms with van der Waals surface area (Å²) in [6.45, 7) is 5.34. The maximum Gasteiger partial charge on any atom is 0.260 e. The summed E-state index contributed by atoms with van der Waals surface area (Å²) < 4.78 is 26.1. The smallest absolute Gasteiger partial charge is 0.260 e. The van der Waals surface area contributed by atoms with Crippen LogP contribution in [-0.2, 0) is 10.0 Å². The van der Waals surface area contributed by atoms with Crippen LogP contribution in [0.5, 0.6) is 0 Å². The molecule has 0 aromatic carbocycles. The number of oxime groups is 1. The second-order valence-electron chi connectivity index (χ2n) is 5.35. The summed E-state index contributed by atoms with van der Waals surface area (Å²) in [5.74, 6) is 0.104. The van der Waals surface area contributed by atoms with E-state index in [2.05, 4.69) is 15.1 Å². The zero-order chi connectivity index (χ0) is 15.7. The standard InChI is InChI=1S/C11H20N6O3S/c1-11(2,10(12)15-18)16-3-5-17(6-4-16)21(19,20)9-7-13-8-14-9/h7-8,18H,3-6H2,1-2H3,(H2,12,15)(H,13,14). The number of H-pyrrole nitrogens is 1. The van der Waals surface area contributed by atoms with Gasteiger partial charge in [0.25, 0.3) is 10.0 Å². The molecule has 1 aromatic heterocycles. The predicted molar refractivity (Wildman–Crippen MR) is 76.4 cm³/mol. The number of nitrogens with one attached hydrogen (secondary N) is 1. The van der Waals surface area contributed by atoms with Crippen LogP contribution >= 0.6 is 0 Å². The molecule has 118 valence electrons. The topological polar surface area (TPSA) is 128 Å². The summed E-state index contributed by atoms with van der Waals surface area (Å²) in [6, 6.07) is 0. The summed E-state index contributed by atoms with van der Waals surface area (Å²) in [7, 11) is -3.54. The Kier molecular flexibility index (Phi) is 4.21. The summed E-state index contributed by atoms with van der Waals surface area (Å²) in [4.78, 5) is 8.34. The fourth-order valence-corrected chi connectivity index (χ4v) is 3.61. The van der Waals surface area contributed by atoms with Gasteiger partial charge >= 0.3 is 0 Å². The van der Waals surface area contributed by atoms with E-state index in [1.165, 1.54) is 16.8 Å². The number of amidine groups is 1. The molecule has 4 N–H and O–H groups in total. The second-order valence-corrected chi connectivity index (χ2v) is 7.26. The van der Waals surface area contributed by atoms with Gasteiger partial charge in [0.1, 0.15) is 0 Å². The van der Waals surface area contributed by atoms with Crippen molar-refractivity contribution < 1.29 is 13.6 Å². The van der Waals surface area contributed by atoms with Crippen molar-refractivity contribution in [3.8, 4) is 0 Å². The third-order valence-electron chi connectivity index (χ3n) is 3.85. The first kappa shape index (κ1) is 15.7.